The van der Waals surface area contributed by atoms with E-state index in [4.69, 9.17) is 16.0 Å². The number of rotatable bonds is 4. The molecule has 1 N–H and O–H groups in total. The molecule has 5 rings (SSSR count). The number of fused-ring (bicyclic) bond motifs is 2. The van der Waals surface area contributed by atoms with E-state index in [-0.39, 0.29) is 5.91 Å². The van der Waals surface area contributed by atoms with Gasteiger partial charge in [0.1, 0.15) is 5.69 Å². The molecule has 144 valence electrons. The van der Waals surface area contributed by atoms with Crippen molar-refractivity contribution in [3.05, 3.63) is 82.7 Å². The highest BCUT2D eigenvalue weighted by molar-refractivity contribution is 7.22. The van der Waals surface area contributed by atoms with Crippen molar-refractivity contribution in [3.8, 4) is 0 Å². The van der Waals surface area contributed by atoms with E-state index in [9.17, 15) is 4.79 Å². The Kier molecular flexibility index (Phi) is 4.38. The zero-order chi connectivity index (χ0) is 20.0. The molecule has 0 bridgehead atoms. The number of nitrogens with one attached hydrogen (secondary N) is 1. The van der Waals surface area contributed by atoms with Gasteiger partial charge in [-0.2, -0.15) is 0 Å². The number of aryl methyl sites for hydroxylation is 1. The van der Waals surface area contributed by atoms with Gasteiger partial charge in [0.2, 0.25) is 0 Å². The van der Waals surface area contributed by atoms with Crippen molar-refractivity contribution in [1.82, 2.24) is 9.55 Å². The third-order valence-electron chi connectivity index (χ3n) is 4.92. The molecule has 0 fully saturated rings. The molecule has 0 unspecified atom stereocenters. The van der Waals surface area contributed by atoms with Crippen molar-refractivity contribution in [2.45, 2.75) is 13.5 Å². The Hall–Kier alpha value is -3.09. The number of aromatic nitrogens is 2. The summed E-state index contributed by atoms with van der Waals surface area (Å²) in [6.07, 6.45) is 1.64. The van der Waals surface area contributed by atoms with Crippen LogP contribution in [0.25, 0.3) is 21.3 Å². The molecular weight excluding hydrogens is 406 g/mol. The molecule has 2 aromatic carbocycles. The summed E-state index contributed by atoms with van der Waals surface area (Å²) in [5.74, 6) is -0.227. The van der Waals surface area contributed by atoms with Crippen LogP contribution in [-0.2, 0) is 6.54 Å². The summed E-state index contributed by atoms with van der Waals surface area (Å²) in [4.78, 5) is 17.6. The summed E-state index contributed by atoms with van der Waals surface area (Å²) in [6, 6.07) is 17.3. The Bertz CT molecular complexity index is 1370. The van der Waals surface area contributed by atoms with E-state index in [1.165, 1.54) is 16.9 Å². The summed E-state index contributed by atoms with van der Waals surface area (Å²) < 4.78 is 8.44. The summed E-state index contributed by atoms with van der Waals surface area (Å²) in [6.45, 7) is 2.64. The van der Waals surface area contributed by atoms with Crippen molar-refractivity contribution in [2.75, 3.05) is 5.32 Å². The Balaban J connectivity index is 1.51. The molecular formula is C22H16ClN3O2S. The minimum Gasteiger partial charge on any atom is -0.463 e. The Labute approximate surface area is 175 Å². The maximum atomic E-state index is 13.1. The Morgan fingerprint density at radius 2 is 2.07 bits per heavy atom. The second-order valence-electron chi connectivity index (χ2n) is 6.80. The second-order valence-corrected chi connectivity index (χ2v) is 8.26. The molecule has 0 aliphatic heterocycles. The van der Waals surface area contributed by atoms with Crippen molar-refractivity contribution < 1.29 is 9.21 Å². The topological polar surface area (TPSA) is 60.1 Å². The molecule has 3 heterocycles. The number of amides is 1. The van der Waals surface area contributed by atoms with Crippen molar-refractivity contribution in [2.24, 2.45) is 0 Å². The van der Waals surface area contributed by atoms with E-state index in [1.54, 1.807) is 18.4 Å². The fourth-order valence-electron chi connectivity index (χ4n) is 3.41. The second kappa shape index (κ2) is 7.06. The van der Waals surface area contributed by atoms with Crippen LogP contribution in [-0.4, -0.2) is 15.5 Å². The molecule has 7 heteroatoms. The summed E-state index contributed by atoms with van der Waals surface area (Å²) in [5.41, 5.74) is 5.22. The monoisotopic (exact) mass is 421 g/mol. The van der Waals surface area contributed by atoms with E-state index < -0.39 is 0 Å². The zero-order valence-corrected chi connectivity index (χ0v) is 17.1. The van der Waals surface area contributed by atoms with E-state index in [0.717, 1.165) is 21.3 Å². The maximum Gasteiger partial charge on any atom is 0.274 e. The molecule has 0 aliphatic rings. The van der Waals surface area contributed by atoms with Crippen LogP contribution in [0.1, 0.15) is 21.6 Å². The van der Waals surface area contributed by atoms with Gasteiger partial charge in [-0.25, -0.2) is 4.98 Å². The third kappa shape index (κ3) is 3.30. The average Bonchev–Trinajstić information content (AvgIpc) is 3.38. The highest BCUT2D eigenvalue weighted by atomic mass is 35.5. The number of anilines is 1. The predicted molar refractivity (Wildman–Crippen MR) is 117 cm³/mol. The van der Waals surface area contributed by atoms with Crippen LogP contribution in [0.3, 0.4) is 0 Å². The first-order valence-electron chi connectivity index (χ1n) is 9.07. The minimum absolute atomic E-state index is 0.227. The van der Waals surface area contributed by atoms with Crippen molar-refractivity contribution >= 4 is 55.3 Å². The largest absolute Gasteiger partial charge is 0.463 e. The molecule has 29 heavy (non-hydrogen) atoms. The fourth-order valence-corrected chi connectivity index (χ4v) is 4.54. The highest BCUT2D eigenvalue weighted by Gasteiger charge is 2.19. The van der Waals surface area contributed by atoms with Gasteiger partial charge in [0.05, 0.1) is 22.0 Å². The van der Waals surface area contributed by atoms with Gasteiger partial charge in [-0.15, -0.1) is 0 Å². The molecule has 0 radical (unpaired) electrons. The van der Waals surface area contributed by atoms with Gasteiger partial charge in [0.15, 0.2) is 10.7 Å². The number of hydrogen-bond donors (Lipinski definition) is 1. The van der Waals surface area contributed by atoms with Crippen LogP contribution in [0.5, 0.6) is 0 Å². The van der Waals surface area contributed by atoms with Gasteiger partial charge in [-0.1, -0.05) is 47.2 Å². The van der Waals surface area contributed by atoms with Crippen LogP contribution < -0.4 is 5.32 Å². The van der Waals surface area contributed by atoms with Crippen molar-refractivity contribution in [3.63, 3.8) is 0 Å². The van der Waals surface area contributed by atoms with Crippen LogP contribution in [0.4, 0.5) is 5.13 Å². The first-order valence-corrected chi connectivity index (χ1v) is 10.3. The third-order valence-corrected chi connectivity index (χ3v) is 6.08. The quantitative estimate of drug-likeness (QED) is 0.381. The summed E-state index contributed by atoms with van der Waals surface area (Å²) >= 11 is 7.45. The van der Waals surface area contributed by atoms with Crippen molar-refractivity contribution in [1.29, 1.82) is 0 Å². The maximum absolute atomic E-state index is 13.1. The van der Waals surface area contributed by atoms with Gasteiger partial charge >= 0.3 is 0 Å². The van der Waals surface area contributed by atoms with E-state index in [1.807, 2.05) is 34.9 Å². The van der Waals surface area contributed by atoms with E-state index in [2.05, 4.69) is 29.4 Å². The molecule has 0 saturated carbocycles. The molecule has 3 aromatic heterocycles. The first-order chi connectivity index (χ1) is 14.1. The summed E-state index contributed by atoms with van der Waals surface area (Å²) in [5, 5.41) is 4.10. The smallest absolute Gasteiger partial charge is 0.274 e. The molecule has 0 aliphatic carbocycles. The number of nitrogens with zero attached hydrogens (tertiary/aromatic N) is 2. The lowest BCUT2D eigenvalue weighted by Gasteiger charge is -2.11. The lowest BCUT2D eigenvalue weighted by Crippen LogP contribution is -2.17. The number of benzene rings is 2. The fraction of sp³-hybridized carbons (Fsp3) is 0.0909. The lowest BCUT2D eigenvalue weighted by molar-refractivity contribution is 0.101. The molecule has 5 aromatic rings. The number of hydrogen-bond acceptors (Lipinski definition) is 4. The number of halogens is 1. The SMILES string of the molecule is Cc1ccccc1Cn1c(C(=O)Nc2nc3ccc(Cl)cc3s2)cc2occc21. The normalized spacial score (nSPS) is 11.4. The van der Waals surface area contributed by atoms with E-state index in [0.29, 0.717) is 28.0 Å². The van der Waals surface area contributed by atoms with Crippen LogP contribution in [0, 0.1) is 6.92 Å². The standard InChI is InChI=1S/C22H16ClN3O2S/c1-13-4-2-3-5-14(13)12-26-17-8-9-28-19(17)11-18(26)21(27)25-22-24-16-7-6-15(23)10-20(16)29-22/h2-11H,12H2,1H3,(H,24,25,27). The molecule has 5 nitrogen and oxygen atoms in total. The predicted octanol–water partition coefficient (Wildman–Crippen LogP) is 6.11. The van der Waals surface area contributed by atoms with Gasteiger partial charge in [-0.3, -0.25) is 10.1 Å². The van der Waals surface area contributed by atoms with Crippen LogP contribution >= 0.6 is 22.9 Å². The summed E-state index contributed by atoms with van der Waals surface area (Å²) in [7, 11) is 0. The Morgan fingerprint density at radius 1 is 1.21 bits per heavy atom. The molecule has 1 amide bonds. The molecule has 0 spiro atoms. The lowest BCUT2D eigenvalue weighted by atomic mass is 10.1. The molecule has 0 atom stereocenters. The number of thiazole rings is 1. The molecule has 0 saturated heterocycles. The number of carbonyl (C=O) groups is 1. The van der Waals surface area contributed by atoms with Crippen LogP contribution in [0.2, 0.25) is 5.02 Å². The van der Waals surface area contributed by atoms with Gasteiger partial charge in [-0.05, 0) is 36.2 Å². The van der Waals surface area contributed by atoms with Crippen LogP contribution in [0.15, 0.2) is 65.3 Å². The zero-order valence-electron chi connectivity index (χ0n) is 15.5. The van der Waals surface area contributed by atoms with E-state index >= 15 is 0 Å². The minimum atomic E-state index is -0.227. The number of furan rings is 1. The van der Waals surface area contributed by atoms with Gasteiger partial charge < -0.3 is 8.98 Å². The average molecular weight is 422 g/mol. The number of carbonyl (C=O) groups excluding carboxylic acids is 1. The Morgan fingerprint density at radius 3 is 2.93 bits per heavy atom. The first kappa shape index (κ1) is 18.0. The van der Waals surface area contributed by atoms with Gasteiger partial charge in [0, 0.05) is 23.7 Å². The van der Waals surface area contributed by atoms with Gasteiger partial charge in [0.25, 0.3) is 5.91 Å². The highest BCUT2D eigenvalue weighted by Crippen LogP contribution is 2.29.